The maximum absolute atomic E-state index is 5.62. The normalized spacial score (nSPS) is 10.8. The molecule has 0 aliphatic carbocycles. The predicted molar refractivity (Wildman–Crippen MR) is 112 cm³/mol. The Bertz CT molecular complexity index is 578. The topological polar surface area (TPSA) is 49.8 Å². The Balaban J connectivity index is 0.00000288. The highest BCUT2D eigenvalue weighted by Gasteiger charge is 2.06. The minimum Gasteiger partial charge on any atom is -0.490 e. The van der Waals surface area contributed by atoms with Crippen LogP contribution in [0.1, 0.15) is 11.8 Å². The summed E-state index contributed by atoms with van der Waals surface area (Å²) in [5.41, 5.74) is 0. The summed E-state index contributed by atoms with van der Waals surface area (Å²) in [5.74, 6) is 1.69. The fourth-order valence-electron chi connectivity index (χ4n) is 2.06. The summed E-state index contributed by atoms with van der Waals surface area (Å²) >= 11 is 1.80. The first-order valence-electron chi connectivity index (χ1n) is 7.84. The van der Waals surface area contributed by atoms with Crippen molar-refractivity contribution in [3.8, 4) is 5.75 Å². The number of likely N-dealkylation sites (N-methyl/N-ethyl adjacent to an activating group) is 1. The van der Waals surface area contributed by atoms with Crippen LogP contribution in [0.2, 0.25) is 0 Å². The molecule has 0 atom stereocenters. The maximum Gasteiger partial charge on any atom is 0.193 e. The fraction of sp³-hybridized carbons (Fsp3) is 0.412. The fourth-order valence-corrected chi connectivity index (χ4v) is 2.75. The molecule has 0 radical (unpaired) electrons. The molecular weight excluding hydrogens is 435 g/mol. The zero-order chi connectivity index (χ0) is 16.3. The maximum atomic E-state index is 5.62. The van der Waals surface area contributed by atoms with E-state index in [4.69, 9.17) is 4.74 Å². The largest absolute Gasteiger partial charge is 0.490 e. The van der Waals surface area contributed by atoms with E-state index >= 15 is 0 Å². The molecule has 0 spiro atoms. The number of nitrogens with one attached hydrogen (secondary N) is 1. The molecule has 0 amide bonds. The SMILES string of the molecule is CCNC(=NCCOc1cccnc1)N(C)CCc1cccs1.I. The molecule has 132 valence electrons. The van der Waals surface area contributed by atoms with Crippen molar-refractivity contribution in [3.63, 3.8) is 0 Å². The average molecular weight is 460 g/mol. The van der Waals surface area contributed by atoms with Gasteiger partial charge in [-0.15, -0.1) is 35.3 Å². The summed E-state index contributed by atoms with van der Waals surface area (Å²) < 4.78 is 5.62. The quantitative estimate of drug-likeness (QED) is 0.284. The van der Waals surface area contributed by atoms with Crippen molar-refractivity contribution in [1.82, 2.24) is 15.2 Å². The summed E-state index contributed by atoms with van der Waals surface area (Å²) in [6.07, 6.45) is 4.48. The lowest BCUT2D eigenvalue weighted by atomic mass is 10.3. The zero-order valence-corrected chi connectivity index (χ0v) is 17.3. The van der Waals surface area contributed by atoms with Crippen LogP contribution in [-0.2, 0) is 6.42 Å². The summed E-state index contributed by atoms with van der Waals surface area (Å²) in [6, 6.07) is 8.02. The van der Waals surface area contributed by atoms with Gasteiger partial charge < -0.3 is 15.0 Å². The molecule has 0 aliphatic rings. The van der Waals surface area contributed by atoms with Gasteiger partial charge >= 0.3 is 0 Å². The van der Waals surface area contributed by atoms with E-state index in [0.29, 0.717) is 13.2 Å². The van der Waals surface area contributed by atoms with Crippen LogP contribution in [-0.4, -0.2) is 49.1 Å². The van der Waals surface area contributed by atoms with Gasteiger partial charge in [0.2, 0.25) is 0 Å². The molecule has 24 heavy (non-hydrogen) atoms. The zero-order valence-electron chi connectivity index (χ0n) is 14.1. The second-order valence-electron chi connectivity index (χ2n) is 5.02. The van der Waals surface area contributed by atoms with Gasteiger partial charge in [-0.1, -0.05) is 6.07 Å². The highest BCUT2D eigenvalue weighted by atomic mass is 127. The van der Waals surface area contributed by atoms with E-state index in [1.54, 1.807) is 23.7 Å². The molecule has 2 heterocycles. The minimum atomic E-state index is 0. The van der Waals surface area contributed by atoms with E-state index < -0.39 is 0 Å². The van der Waals surface area contributed by atoms with Gasteiger partial charge in [-0.2, -0.15) is 0 Å². The van der Waals surface area contributed by atoms with Crippen LogP contribution in [0.4, 0.5) is 0 Å². The molecule has 0 unspecified atom stereocenters. The van der Waals surface area contributed by atoms with Crippen LogP contribution < -0.4 is 10.1 Å². The van der Waals surface area contributed by atoms with Crippen LogP contribution in [0.5, 0.6) is 5.75 Å². The average Bonchev–Trinajstić information content (AvgIpc) is 3.10. The van der Waals surface area contributed by atoms with Crippen LogP contribution in [0.3, 0.4) is 0 Å². The molecule has 1 N–H and O–H groups in total. The molecule has 2 aromatic rings. The number of aromatic nitrogens is 1. The molecule has 0 bridgehead atoms. The lowest BCUT2D eigenvalue weighted by molar-refractivity contribution is 0.326. The molecule has 0 fully saturated rings. The van der Waals surface area contributed by atoms with Crippen molar-refractivity contribution in [2.75, 3.05) is 33.3 Å². The Morgan fingerprint density at radius 1 is 1.38 bits per heavy atom. The van der Waals surface area contributed by atoms with Crippen molar-refractivity contribution in [1.29, 1.82) is 0 Å². The van der Waals surface area contributed by atoms with Gasteiger partial charge in [-0.3, -0.25) is 4.98 Å². The Labute approximate surface area is 165 Å². The molecule has 0 aromatic carbocycles. The van der Waals surface area contributed by atoms with E-state index in [2.05, 4.69) is 51.7 Å². The first-order chi connectivity index (χ1) is 11.3. The van der Waals surface area contributed by atoms with Crippen LogP contribution in [0.15, 0.2) is 47.0 Å². The number of halogens is 1. The number of hydrogen-bond donors (Lipinski definition) is 1. The number of ether oxygens (including phenoxy) is 1. The van der Waals surface area contributed by atoms with Crippen molar-refractivity contribution < 1.29 is 4.74 Å². The van der Waals surface area contributed by atoms with Crippen LogP contribution in [0, 0.1) is 0 Å². The van der Waals surface area contributed by atoms with E-state index in [0.717, 1.165) is 31.2 Å². The van der Waals surface area contributed by atoms with Gasteiger partial charge in [-0.25, -0.2) is 4.99 Å². The number of pyridine rings is 1. The number of hydrogen-bond acceptors (Lipinski definition) is 4. The first kappa shape index (κ1) is 20.7. The number of guanidine groups is 1. The van der Waals surface area contributed by atoms with Crippen molar-refractivity contribution in [2.45, 2.75) is 13.3 Å². The number of thiophene rings is 1. The highest BCUT2D eigenvalue weighted by Crippen LogP contribution is 2.09. The smallest absolute Gasteiger partial charge is 0.193 e. The first-order valence-corrected chi connectivity index (χ1v) is 8.72. The van der Waals surface area contributed by atoms with Crippen LogP contribution in [0.25, 0.3) is 0 Å². The highest BCUT2D eigenvalue weighted by molar-refractivity contribution is 14.0. The van der Waals surface area contributed by atoms with Crippen molar-refractivity contribution in [3.05, 3.63) is 46.9 Å². The number of nitrogens with zero attached hydrogens (tertiary/aromatic N) is 3. The molecule has 2 aromatic heterocycles. The Hall–Kier alpha value is -1.35. The van der Waals surface area contributed by atoms with Gasteiger partial charge in [0, 0.05) is 31.2 Å². The van der Waals surface area contributed by atoms with Gasteiger partial charge in [0.25, 0.3) is 0 Å². The van der Waals surface area contributed by atoms with E-state index in [1.165, 1.54) is 4.88 Å². The van der Waals surface area contributed by atoms with Crippen molar-refractivity contribution in [2.24, 2.45) is 4.99 Å². The molecular formula is C17H25IN4OS. The lowest BCUT2D eigenvalue weighted by Crippen LogP contribution is -2.40. The standard InChI is InChI=1S/C17H24N4OS.HI/c1-3-19-17(21(2)11-8-16-7-5-13-23-16)20-10-12-22-15-6-4-9-18-14-15;/h4-7,9,13-14H,3,8,10-12H2,1-2H3,(H,19,20);1H. The third kappa shape index (κ3) is 7.48. The van der Waals surface area contributed by atoms with Crippen LogP contribution >= 0.6 is 35.3 Å². The molecule has 7 heteroatoms. The van der Waals surface area contributed by atoms with Gasteiger partial charge in [0.15, 0.2) is 5.96 Å². The molecule has 0 saturated carbocycles. The number of rotatable bonds is 8. The van der Waals surface area contributed by atoms with Crippen molar-refractivity contribution >= 4 is 41.3 Å². The van der Waals surface area contributed by atoms with Gasteiger partial charge in [-0.05, 0) is 36.9 Å². The van der Waals surface area contributed by atoms with E-state index in [1.807, 2.05) is 12.1 Å². The second-order valence-corrected chi connectivity index (χ2v) is 6.06. The molecule has 0 aliphatic heterocycles. The van der Waals surface area contributed by atoms with Gasteiger partial charge in [0.1, 0.15) is 12.4 Å². The lowest BCUT2D eigenvalue weighted by Gasteiger charge is -2.21. The van der Waals surface area contributed by atoms with E-state index in [-0.39, 0.29) is 24.0 Å². The molecule has 5 nitrogen and oxygen atoms in total. The monoisotopic (exact) mass is 460 g/mol. The van der Waals surface area contributed by atoms with Gasteiger partial charge in [0.05, 0.1) is 12.7 Å². The number of aliphatic imine (C=N–C) groups is 1. The Morgan fingerprint density at radius 3 is 2.92 bits per heavy atom. The summed E-state index contributed by atoms with van der Waals surface area (Å²) in [7, 11) is 2.07. The summed E-state index contributed by atoms with van der Waals surface area (Å²) in [5, 5.41) is 5.44. The van der Waals surface area contributed by atoms with E-state index in [9.17, 15) is 0 Å². The Kier molecular flexibility index (Phi) is 10.4. The Morgan fingerprint density at radius 2 is 2.25 bits per heavy atom. The summed E-state index contributed by atoms with van der Waals surface area (Å²) in [6.45, 7) is 5.02. The third-order valence-corrected chi connectivity index (χ3v) is 4.16. The minimum absolute atomic E-state index is 0. The molecule has 0 saturated heterocycles. The third-order valence-electron chi connectivity index (χ3n) is 3.23. The summed E-state index contributed by atoms with van der Waals surface area (Å²) in [4.78, 5) is 12.2. The predicted octanol–water partition coefficient (Wildman–Crippen LogP) is 3.28. The molecule has 2 rings (SSSR count). The second kappa shape index (κ2) is 12.1.